The van der Waals surface area contributed by atoms with Crippen LogP contribution in [0.15, 0.2) is 36.4 Å². The normalized spacial score (nSPS) is 11.0. The quantitative estimate of drug-likeness (QED) is 0.670. The molecule has 0 saturated heterocycles. The summed E-state index contributed by atoms with van der Waals surface area (Å²) in [5, 5.41) is 8.59. The molecule has 0 aliphatic carbocycles. The zero-order valence-electron chi connectivity index (χ0n) is 10.4. The highest BCUT2D eigenvalue weighted by molar-refractivity contribution is 5.50. The van der Waals surface area contributed by atoms with Crippen LogP contribution < -0.4 is 10.5 Å². The molecule has 0 atom stereocenters. The second kappa shape index (κ2) is 5.32. The number of hydrogen-bond donors (Lipinski definition) is 1. The number of anilines is 1. The van der Waals surface area contributed by atoms with Crippen LogP contribution in [-0.2, 0) is 6.18 Å². The van der Waals surface area contributed by atoms with Crippen molar-refractivity contribution in [3.8, 4) is 17.6 Å². The summed E-state index contributed by atoms with van der Waals surface area (Å²) in [5.74, 6) is -1.53. The summed E-state index contributed by atoms with van der Waals surface area (Å²) in [4.78, 5) is 0. The Hall–Kier alpha value is -2.75. The van der Waals surface area contributed by atoms with Gasteiger partial charge in [0, 0.05) is 11.8 Å². The molecule has 0 unspecified atom stereocenters. The van der Waals surface area contributed by atoms with Gasteiger partial charge in [-0.2, -0.15) is 18.4 Å². The van der Waals surface area contributed by atoms with Crippen molar-refractivity contribution in [2.75, 3.05) is 5.73 Å². The molecule has 2 rings (SSSR count). The van der Waals surface area contributed by atoms with Crippen LogP contribution in [0.5, 0.6) is 11.5 Å². The van der Waals surface area contributed by atoms with Crippen LogP contribution in [0.1, 0.15) is 11.1 Å². The van der Waals surface area contributed by atoms with E-state index in [1.165, 1.54) is 12.1 Å². The number of rotatable bonds is 2. The highest BCUT2D eigenvalue weighted by Gasteiger charge is 2.34. The van der Waals surface area contributed by atoms with Gasteiger partial charge < -0.3 is 10.5 Å². The average molecular weight is 296 g/mol. The first kappa shape index (κ1) is 14.7. The molecule has 0 amide bonds. The number of benzene rings is 2. The first-order valence-corrected chi connectivity index (χ1v) is 5.65. The summed E-state index contributed by atoms with van der Waals surface area (Å²) in [5.41, 5.74) is 3.97. The second-order valence-electron chi connectivity index (χ2n) is 4.11. The maximum Gasteiger partial charge on any atom is 0.420 e. The summed E-state index contributed by atoms with van der Waals surface area (Å²) < 4.78 is 57.1. The van der Waals surface area contributed by atoms with Gasteiger partial charge in [0.15, 0.2) is 0 Å². The van der Waals surface area contributed by atoms with Crippen LogP contribution in [-0.4, -0.2) is 0 Å². The van der Waals surface area contributed by atoms with Crippen molar-refractivity contribution in [3.63, 3.8) is 0 Å². The van der Waals surface area contributed by atoms with E-state index in [2.05, 4.69) is 0 Å². The Balaban J connectivity index is 2.41. The van der Waals surface area contributed by atoms with Crippen LogP contribution in [0.3, 0.4) is 0 Å². The van der Waals surface area contributed by atoms with Gasteiger partial charge >= 0.3 is 6.18 Å². The second-order valence-corrected chi connectivity index (χ2v) is 4.11. The van der Waals surface area contributed by atoms with Gasteiger partial charge in [-0.3, -0.25) is 0 Å². The molecule has 2 aromatic carbocycles. The van der Waals surface area contributed by atoms with Crippen molar-refractivity contribution in [1.29, 1.82) is 5.26 Å². The molecule has 21 heavy (non-hydrogen) atoms. The molecule has 108 valence electrons. The van der Waals surface area contributed by atoms with E-state index in [4.69, 9.17) is 15.7 Å². The fourth-order valence-electron chi connectivity index (χ4n) is 1.64. The van der Waals surface area contributed by atoms with Gasteiger partial charge in [0.1, 0.15) is 28.9 Å². The molecule has 0 spiro atoms. The summed E-state index contributed by atoms with van der Waals surface area (Å²) >= 11 is 0. The molecule has 2 N–H and O–H groups in total. The van der Waals surface area contributed by atoms with E-state index in [0.717, 1.165) is 24.3 Å². The van der Waals surface area contributed by atoms with Crippen molar-refractivity contribution in [3.05, 3.63) is 53.3 Å². The van der Waals surface area contributed by atoms with E-state index in [1.54, 1.807) is 6.07 Å². The summed E-state index contributed by atoms with van der Waals surface area (Å²) in [7, 11) is 0. The third-order valence-corrected chi connectivity index (χ3v) is 2.60. The van der Waals surface area contributed by atoms with Gasteiger partial charge in [-0.05, 0) is 30.3 Å². The van der Waals surface area contributed by atoms with Crippen molar-refractivity contribution >= 4 is 5.69 Å². The van der Waals surface area contributed by atoms with E-state index >= 15 is 0 Å². The molecule has 0 aliphatic rings. The van der Waals surface area contributed by atoms with Crippen LogP contribution in [0.2, 0.25) is 0 Å². The lowest BCUT2D eigenvalue weighted by Gasteiger charge is -2.14. The molecule has 0 heterocycles. The number of nitriles is 1. The smallest absolute Gasteiger partial charge is 0.420 e. The zero-order chi connectivity index (χ0) is 15.6. The van der Waals surface area contributed by atoms with E-state index in [9.17, 15) is 17.6 Å². The Bertz CT molecular complexity index is 720. The largest absolute Gasteiger partial charge is 0.457 e. The lowest BCUT2D eigenvalue weighted by molar-refractivity contribution is -0.138. The minimum absolute atomic E-state index is 0.0688. The van der Waals surface area contributed by atoms with Crippen LogP contribution >= 0.6 is 0 Å². The number of ether oxygens (including phenoxy) is 1. The molecule has 7 heteroatoms. The number of nitrogen functional groups attached to an aromatic ring is 1. The first-order chi connectivity index (χ1) is 9.81. The standard InChI is InChI=1S/C14H8F4N2O/c15-12-6-10(3-1-8(12)7-19)21-13-4-2-9(20)5-11(13)14(16,17)18/h1-6H,20H2. The van der Waals surface area contributed by atoms with Gasteiger partial charge in [-0.1, -0.05) is 0 Å². The molecule has 0 aromatic heterocycles. The Morgan fingerprint density at radius 1 is 1.10 bits per heavy atom. The van der Waals surface area contributed by atoms with Gasteiger partial charge in [0.25, 0.3) is 0 Å². The third-order valence-electron chi connectivity index (χ3n) is 2.60. The van der Waals surface area contributed by atoms with Crippen molar-refractivity contribution < 1.29 is 22.3 Å². The van der Waals surface area contributed by atoms with Gasteiger partial charge in [0.2, 0.25) is 0 Å². The maximum absolute atomic E-state index is 13.4. The molecular weight excluding hydrogens is 288 g/mol. The molecule has 2 aromatic rings. The van der Waals surface area contributed by atoms with E-state index in [0.29, 0.717) is 0 Å². The summed E-state index contributed by atoms with van der Waals surface area (Å²) in [6.07, 6.45) is -4.66. The first-order valence-electron chi connectivity index (χ1n) is 5.65. The molecule has 0 aliphatic heterocycles. The summed E-state index contributed by atoms with van der Waals surface area (Å²) in [6.45, 7) is 0. The maximum atomic E-state index is 13.4. The molecular formula is C14H8F4N2O. The van der Waals surface area contributed by atoms with Gasteiger partial charge in [-0.25, -0.2) is 4.39 Å². The summed E-state index contributed by atoms with van der Waals surface area (Å²) in [6, 6.07) is 7.79. The molecule has 0 fully saturated rings. The highest BCUT2D eigenvalue weighted by atomic mass is 19.4. The highest BCUT2D eigenvalue weighted by Crippen LogP contribution is 2.39. The number of hydrogen-bond acceptors (Lipinski definition) is 3. The minimum atomic E-state index is -4.66. The fraction of sp³-hybridized carbons (Fsp3) is 0.0714. The van der Waals surface area contributed by atoms with Crippen LogP contribution in [0, 0.1) is 17.1 Å². The molecule has 0 radical (unpaired) electrons. The Morgan fingerprint density at radius 3 is 2.38 bits per heavy atom. The van der Waals surface area contributed by atoms with E-state index < -0.39 is 23.3 Å². The Labute approximate surface area is 117 Å². The fourth-order valence-corrected chi connectivity index (χ4v) is 1.64. The molecule has 0 saturated carbocycles. The number of nitrogens with zero attached hydrogens (tertiary/aromatic N) is 1. The SMILES string of the molecule is N#Cc1ccc(Oc2ccc(N)cc2C(F)(F)F)cc1F. The Kier molecular flexibility index (Phi) is 3.72. The third kappa shape index (κ3) is 3.23. The topological polar surface area (TPSA) is 59.0 Å². The lowest BCUT2D eigenvalue weighted by Crippen LogP contribution is -2.08. The van der Waals surface area contributed by atoms with E-state index in [-0.39, 0.29) is 17.0 Å². The van der Waals surface area contributed by atoms with Gasteiger partial charge in [0.05, 0.1) is 5.56 Å². The van der Waals surface area contributed by atoms with Crippen LogP contribution in [0.25, 0.3) is 0 Å². The lowest BCUT2D eigenvalue weighted by atomic mass is 10.1. The predicted octanol–water partition coefficient (Wildman–Crippen LogP) is 4.09. The van der Waals surface area contributed by atoms with Crippen molar-refractivity contribution in [2.24, 2.45) is 0 Å². The molecule has 0 bridgehead atoms. The monoisotopic (exact) mass is 296 g/mol. The van der Waals surface area contributed by atoms with Crippen LogP contribution in [0.4, 0.5) is 23.2 Å². The average Bonchev–Trinajstić information content (AvgIpc) is 2.40. The number of halogens is 4. The molecule has 3 nitrogen and oxygen atoms in total. The van der Waals surface area contributed by atoms with Crippen molar-refractivity contribution in [1.82, 2.24) is 0 Å². The predicted molar refractivity (Wildman–Crippen MR) is 67.0 cm³/mol. The van der Waals surface area contributed by atoms with Crippen molar-refractivity contribution in [2.45, 2.75) is 6.18 Å². The van der Waals surface area contributed by atoms with E-state index in [1.807, 2.05) is 0 Å². The zero-order valence-corrected chi connectivity index (χ0v) is 10.4. The minimum Gasteiger partial charge on any atom is -0.457 e. The number of nitrogens with two attached hydrogens (primary N) is 1. The van der Waals surface area contributed by atoms with Gasteiger partial charge in [-0.15, -0.1) is 0 Å². The Morgan fingerprint density at radius 2 is 1.81 bits per heavy atom. The number of alkyl halides is 3.